The minimum Gasteiger partial charge on any atom is -0.467 e. The molecule has 1 aromatic carbocycles. The van der Waals surface area contributed by atoms with Crippen LogP contribution in [0.3, 0.4) is 0 Å². The van der Waals surface area contributed by atoms with E-state index in [2.05, 4.69) is 25.9 Å². The van der Waals surface area contributed by atoms with Crippen LogP contribution in [-0.2, 0) is 11.3 Å². The summed E-state index contributed by atoms with van der Waals surface area (Å²) in [6, 6.07) is 10.6. The maximum absolute atomic E-state index is 12.0. The van der Waals surface area contributed by atoms with Gasteiger partial charge in [-0.1, -0.05) is 0 Å². The number of amides is 2. The Kier molecular flexibility index (Phi) is 5.23. The van der Waals surface area contributed by atoms with Gasteiger partial charge in [-0.3, -0.25) is 9.59 Å². The molecule has 0 fully saturated rings. The maximum atomic E-state index is 12.0. The Morgan fingerprint density at radius 1 is 1.04 bits per heavy atom. The lowest BCUT2D eigenvalue weighted by Crippen LogP contribution is -2.22. The van der Waals surface area contributed by atoms with Crippen molar-refractivity contribution in [1.82, 2.24) is 15.3 Å². The highest BCUT2D eigenvalue weighted by Gasteiger charge is 2.08. The van der Waals surface area contributed by atoms with Crippen molar-refractivity contribution < 1.29 is 14.0 Å². The summed E-state index contributed by atoms with van der Waals surface area (Å²) in [7, 11) is 0. The van der Waals surface area contributed by atoms with E-state index >= 15 is 0 Å². The van der Waals surface area contributed by atoms with Gasteiger partial charge in [0.05, 0.1) is 18.4 Å². The molecule has 0 saturated carbocycles. The van der Waals surface area contributed by atoms with E-state index in [9.17, 15) is 9.59 Å². The van der Waals surface area contributed by atoms with Crippen molar-refractivity contribution >= 4 is 29.1 Å². The molecule has 8 nitrogen and oxygen atoms in total. The van der Waals surface area contributed by atoms with Crippen molar-refractivity contribution in [1.29, 1.82) is 0 Å². The first-order valence-electron chi connectivity index (χ1n) is 7.87. The quantitative estimate of drug-likeness (QED) is 0.630. The minimum absolute atomic E-state index is 0.130. The Balaban J connectivity index is 1.56. The molecule has 3 N–H and O–H groups in total. The zero-order valence-corrected chi connectivity index (χ0v) is 14.0. The van der Waals surface area contributed by atoms with Gasteiger partial charge in [-0.15, -0.1) is 0 Å². The van der Waals surface area contributed by atoms with Crippen LogP contribution in [0.5, 0.6) is 0 Å². The largest absolute Gasteiger partial charge is 0.467 e. The number of hydrogen-bond donors (Lipinski definition) is 3. The number of nitrogens with one attached hydrogen (secondary N) is 3. The van der Waals surface area contributed by atoms with Crippen LogP contribution in [0.15, 0.2) is 59.5 Å². The van der Waals surface area contributed by atoms with Crippen LogP contribution in [0.25, 0.3) is 0 Å². The van der Waals surface area contributed by atoms with E-state index in [-0.39, 0.29) is 11.8 Å². The third kappa shape index (κ3) is 4.67. The van der Waals surface area contributed by atoms with Gasteiger partial charge in [0, 0.05) is 30.7 Å². The van der Waals surface area contributed by atoms with Gasteiger partial charge in [0.25, 0.3) is 5.91 Å². The molecule has 132 valence electrons. The van der Waals surface area contributed by atoms with Crippen LogP contribution in [0.4, 0.5) is 17.3 Å². The van der Waals surface area contributed by atoms with Gasteiger partial charge in [0.1, 0.15) is 5.76 Å². The number of rotatable bonds is 6. The summed E-state index contributed by atoms with van der Waals surface area (Å²) in [5.41, 5.74) is 1.81. The Labute approximate surface area is 149 Å². The van der Waals surface area contributed by atoms with E-state index in [0.29, 0.717) is 29.5 Å². The van der Waals surface area contributed by atoms with Gasteiger partial charge in [-0.2, -0.15) is 0 Å². The number of carbonyl (C=O) groups excluding carboxylic acids is 2. The van der Waals surface area contributed by atoms with Crippen molar-refractivity contribution in [2.24, 2.45) is 0 Å². The zero-order valence-electron chi connectivity index (χ0n) is 14.0. The van der Waals surface area contributed by atoms with E-state index in [4.69, 9.17) is 4.42 Å². The molecule has 3 aromatic rings. The maximum Gasteiger partial charge on any atom is 0.254 e. The lowest BCUT2D eigenvalue weighted by molar-refractivity contribution is -0.114. The van der Waals surface area contributed by atoms with Crippen molar-refractivity contribution in [2.75, 3.05) is 10.6 Å². The zero-order chi connectivity index (χ0) is 18.4. The SMILES string of the molecule is CC(=O)Nc1ccc(Nc2ncc(C(=O)NCc3ccco3)cn2)cc1. The summed E-state index contributed by atoms with van der Waals surface area (Å²) in [5, 5.41) is 8.44. The molecule has 0 aliphatic heterocycles. The van der Waals surface area contributed by atoms with Crippen LogP contribution in [-0.4, -0.2) is 21.8 Å². The van der Waals surface area contributed by atoms with Crippen LogP contribution in [0.2, 0.25) is 0 Å². The molecule has 0 atom stereocenters. The summed E-state index contributed by atoms with van der Waals surface area (Å²) in [4.78, 5) is 31.3. The molecule has 0 radical (unpaired) electrons. The topological polar surface area (TPSA) is 109 Å². The van der Waals surface area contributed by atoms with E-state index < -0.39 is 0 Å². The molecule has 3 rings (SSSR count). The second-order valence-electron chi connectivity index (χ2n) is 5.44. The molecule has 0 aliphatic rings. The highest BCUT2D eigenvalue weighted by atomic mass is 16.3. The van der Waals surface area contributed by atoms with Crippen molar-refractivity contribution in [3.05, 3.63) is 66.4 Å². The molecular weight excluding hydrogens is 334 g/mol. The predicted molar refractivity (Wildman–Crippen MR) is 95.9 cm³/mol. The first kappa shape index (κ1) is 17.2. The van der Waals surface area contributed by atoms with Gasteiger partial charge in [0.15, 0.2) is 0 Å². The number of carbonyl (C=O) groups is 2. The Hall–Kier alpha value is -3.68. The number of nitrogens with zero attached hydrogens (tertiary/aromatic N) is 2. The molecule has 0 spiro atoms. The van der Waals surface area contributed by atoms with Crippen LogP contribution >= 0.6 is 0 Å². The first-order chi connectivity index (χ1) is 12.6. The van der Waals surface area contributed by atoms with Gasteiger partial charge in [0.2, 0.25) is 11.9 Å². The second kappa shape index (κ2) is 7.93. The van der Waals surface area contributed by atoms with Crippen LogP contribution in [0, 0.1) is 0 Å². The molecular formula is C18H17N5O3. The van der Waals surface area contributed by atoms with Crippen molar-refractivity contribution in [3.8, 4) is 0 Å². The fourth-order valence-electron chi connectivity index (χ4n) is 2.16. The standard InChI is InChI=1S/C18H17N5O3/c1-12(24)22-14-4-6-15(7-5-14)23-18-20-9-13(10-21-18)17(25)19-11-16-3-2-8-26-16/h2-10H,11H2,1H3,(H,19,25)(H,22,24)(H,20,21,23). The number of hydrogen-bond acceptors (Lipinski definition) is 6. The van der Waals surface area contributed by atoms with E-state index in [1.54, 1.807) is 42.7 Å². The summed E-state index contributed by atoms with van der Waals surface area (Å²) in [5.74, 6) is 0.614. The van der Waals surface area contributed by atoms with Crippen LogP contribution in [0.1, 0.15) is 23.0 Å². The highest BCUT2D eigenvalue weighted by Crippen LogP contribution is 2.16. The van der Waals surface area contributed by atoms with Crippen molar-refractivity contribution in [3.63, 3.8) is 0 Å². The van der Waals surface area contributed by atoms with Gasteiger partial charge >= 0.3 is 0 Å². The molecule has 2 heterocycles. The predicted octanol–water partition coefficient (Wildman–Crippen LogP) is 2.70. The third-order valence-electron chi connectivity index (χ3n) is 3.38. The Morgan fingerprint density at radius 2 is 1.73 bits per heavy atom. The molecule has 0 saturated heterocycles. The van der Waals surface area contributed by atoms with Gasteiger partial charge < -0.3 is 20.4 Å². The lowest BCUT2D eigenvalue weighted by Gasteiger charge is -2.07. The van der Waals surface area contributed by atoms with E-state index in [1.807, 2.05) is 0 Å². The minimum atomic E-state index is -0.285. The molecule has 26 heavy (non-hydrogen) atoms. The highest BCUT2D eigenvalue weighted by molar-refractivity contribution is 5.93. The monoisotopic (exact) mass is 351 g/mol. The fourth-order valence-corrected chi connectivity index (χ4v) is 2.16. The summed E-state index contributed by atoms with van der Waals surface area (Å²) in [6.07, 6.45) is 4.44. The number of anilines is 3. The normalized spacial score (nSPS) is 10.2. The third-order valence-corrected chi connectivity index (χ3v) is 3.38. The molecule has 0 unspecified atom stereocenters. The molecule has 0 aliphatic carbocycles. The fraction of sp³-hybridized carbons (Fsp3) is 0.111. The van der Waals surface area contributed by atoms with Gasteiger partial charge in [-0.05, 0) is 36.4 Å². The lowest BCUT2D eigenvalue weighted by atomic mass is 10.3. The summed E-state index contributed by atoms with van der Waals surface area (Å²) in [6.45, 7) is 1.75. The van der Waals surface area contributed by atoms with E-state index in [0.717, 1.165) is 5.69 Å². The number of benzene rings is 1. The summed E-state index contributed by atoms with van der Waals surface area (Å²) < 4.78 is 5.16. The number of aromatic nitrogens is 2. The first-order valence-corrected chi connectivity index (χ1v) is 7.87. The average Bonchev–Trinajstić information content (AvgIpc) is 3.15. The Bertz CT molecular complexity index is 874. The number of furan rings is 1. The molecule has 8 heteroatoms. The molecule has 0 bridgehead atoms. The smallest absolute Gasteiger partial charge is 0.254 e. The van der Waals surface area contributed by atoms with E-state index in [1.165, 1.54) is 19.3 Å². The Morgan fingerprint density at radius 3 is 2.35 bits per heavy atom. The van der Waals surface area contributed by atoms with Crippen LogP contribution < -0.4 is 16.0 Å². The second-order valence-corrected chi connectivity index (χ2v) is 5.44. The van der Waals surface area contributed by atoms with Crippen molar-refractivity contribution in [2.45, 2.75) is 13.5 Å². The van der Waals surface area contributed by atoms with Gasteiger partial charge in [-0.25, -0.2) is 9.97 Å². The molecule has 2 amide bonds. The summed E-state index contributed by atoms with van der Waals surface area (Å²) >= 11 is 0. The molecule has 2 aromatic heterocycles. The average molecular weight is 351 g/mol.